The monoisotopic (exact) mass is 256 g/mol. The largest absolute Gasteiger partial charge is 0.287 e. The van der Waals surface area contributed by atoms with Crippen molar-refractivity contribution in [2.75, 3.05) is 26.5 Å². The predicted molar refractivity (Wildman–Crippen MR) is 66.7 cm³/mol. The molecule has 1 heterocycles. The fourth-order valence-electron chi connectivity index (χ4n) is 2.03. The highest BCUT2D eigenvalue weighted by atomic mass is 31.2. The van der Waals surface area contributed by atoms with Gasteiger partial charge < -0.3 is 0 Å². The molecule has 0 spiro atoms. The SMILES string of the molecule is C[P+]1(C)OC(c2ccccc2)CN1C(=O)CF. The van der Waals surface area contributed by atoms with Crippen molar-refractivity contribution in [3.05, 3.63) is 35.9 Å². The minimum atomic E-state index is -1.95. The Morgan fingerprint density at radius 3 is 2.71 bits per heavy atom. The molecule has 3 nitrogen and oxygen atoms in total. The van der Waals surface area contributed by atoms with Gasteiger partial charge in [-0.3, -0.25) is 4.79 Å². The van der Waals surface area contributed by atoms with E-state index in [2.05, 4.69) is 0 Å². The first-order chi connectivity index (χ1) is 8.04. The lowest BCUT2D eigenvalue weighted by atomic mass is 10.1. The molecule has 1 aromatic rings. The van der Waals surface area contributed by atoms with Crippen LogP contribution in [-0.4, -0.2) is 37.1 Å². The number of hydrogen-bond donors (Lipinski definition) is 0. The molecule has 2 rings (SSSR count). The lowest BCUT2D eigenvalue weighted by Crippen LogP contribution is -2.28. The summed E-state index contributed by atoms with van der Waals surface area (Å²) in [5.41, 5.74) is 1.04. The molecule has 1 fully saturated rings. The van der Waals surface area contributed by atoms with Crippen LogP contribution in [0.1, 0.15) is 11.7 Å². The van der Waals surface area contributed by atoms with Crippen LogP contribution in [0.15, 0.2) is 30.3 Å². The second-order valence-electron chi connectivity index (χ2n) is 4.41. The van der Waals surface area contributed by atoms with Crippen molar-refractivity contribution < 1.29 is 13.7 Å². The van der Waals surface area contributed by atoms with E-state index in [-0.39, 0.29) is 6.10 Å². The summed E-state index contributed by atoms with van der Waals surface area (Å²) in [5.74, 6) is -0.471. The van der Waals surface area contributed by atoms with Crippen LogP contribution in [0.3, 0.4) is 0 Å². The summed E-state index contributed by atoms with van der Waals surface area (Å²) in [6.45, 7) is 3.29. The maximum absolute atomic E-state index is 12.5. The number of carbonyl (C=O) groups excluding carboxylic acids is 1. The van der Waals surface area contributed by atoms with Gasteiger partial charge in [-0.2, -0.15) is 4.67 Å². The molecule has 0 radical (unpaired) electrons. The first kappa shape index (κ1) is 12.5. The second-order valence-corrected chi connectivity index (χ2v) is 7.69. The van der Waals surface area contributed by atoms with Gasteiger partial charge in [-0.1, -0.05) is 30.3 Å². The molecule has 1 aliphatic heterocycles. The zero-order chi connectivity index (χ0) is 12.5. The quantitative estimate of drug-likeness (QED) is 0.761. The number of halogens is 1. The average Bonchev–Trinajstić information content (AvgIpc) is 2.65. The minimum Gasteiger partial charge on any atom is -0.268 e. The van der Waals surface area contributed by atoms with Crippen LogP contribution < -0.4 is 0 Å². The Kier molecular flexibility index (Phi) is 3.45. The van der Waals surface area contributed by atoms with E-state index in [1.54, 1.807) is 4.67 Å². The number of hydrogen-bond acceptors (Lipinski definition) is 2. The number of rotatable bonds is 2. The number of carbonyl (C=O) groups is 1. The zero-order valence-corrected chi connectivity index (χ0v) is 10.9. The fraction of sp³-hybridized carbons (Fsp3) is 0.417. The van der Waals surface area contributed by atoms with Gasteiger partial charge in [-0.05, 0) is 5.56 Å². The zero-order valence-electron chi connectivity index (χ0n) is 9.97. The van der Waals surface area contributed by atoms with Gasteiger partial charge in [-0.25, -0.2) is 8.91 Å². The van der Waals surface area contributed by atoms with E-state index < -0.39 is 20.2 Å². The molecule has 92 valence electrons. The lowest BCUT2D eigenvalue weighted by molar-refractivity contribution is -0.127. The predicted octanol–water partition coefficient (Wildman–Crippen LogP) is 2.66. The molecule has 17 heavy (non-hydrogen) atoms. The lowest BCUT2D eigenvalue weighted by Gasteiger charge is -2.18. The van der Waals surface area contributed by atoms with Crippen molar-refractivity contribution >= 4 is 13.5 Å². The molecule has 1 aliphatic rings. The molecule has 1 unspecified atom stereocenters. The van der Waals surface area contributed by atoms with E-state index in [9.17, 15) is 9.18 Å². The van der Waals surface area contributed by atoms with Crippen LogP contribution in [-0.2, 0) is 9.32 Å². The Balaban J connectivity index is 2.19. The molecular weight excluding hydrogens is 240 g/mol. The van der Waals surface area contributed by atoms with Crippen molar-refractivity contribution in [3.63, 3.8) is 0 Å². The van der Waals surface area contributed by atoms with Gasteiger partial charge in [0, 0.05) is 0 Å². The second kappa shape index (κ2) is 4.71. The number of amides is 1. The van der Waals surface area contributed by atoms with Crippen LogP contribution >= 0.6 is 7.64 Å². The fourth-order valence-corrected chi connectivity index (χ4v) is 4.09. The minimum absolute atomic E-state index is 0.130. The smallest absolute Gasteiger partial charge is 0.268 e. The van der Waals surface area contributed by atoms with Crippen LogP contribution in [0.25, 0.3) is 0 Å². The molecule has 0 N–H and O–H groups in total. The standard InChI is InChI=1S/C12H16FNO2P/c1-17(2)14(12(15)8-13)9-11(16-17)10-6-4-3-5-7-10/h3-7,11H,8-9H2,1-2H3/q+1. The highest BCUT2D eigenvalue weighted by Crippen LogP contribution is 2.64. The van der Waals surface area contributed by atoms with Crippen molar-refractivity contribution in [3.8, 4) is 0 Å². The van der Waals surface area contributed by atoms with E-state index >= 15 is 0 Å². The number of alkyl halides is 1. The summed E-state index contributed by atoms with van der Waals surface area (Å²) >= 11 is 0. The average molecular weight is 256 g/mol. The third kappa shape index (κ3) is 2.48. The Morgan fingerprint density at radius 1 is 1.47 bits per heavy atom. The molecule has 0 saturated carbocycles. The molecule has 5 heteroatoms. The first-order valence-corrected chi connectivity index (χ1v) is 8.04. The third-order valence-electron chi connectivity index (χ3n) is 2.88. The van der Waals surface area contributed by atoms with E-state index in [1.807, 2.05) is 43.7 Å². The molecule has 0 bridgehead atoms. The maximum Gasteiger partial charge on any atom is 0.287 e. The van der Waals surface area contributed by atoms with Gasteiger partial charge in [0.1, 0.15) is 0 Å². The summed E-state index contributed by atoms with van der Waals surface area (Å²) in [6, 6.07) is 9.74. The van der Waals surface area contributed by atoms with Crippen LogP contribution in [0, 0.1) is 0 Å². The Hall–Kier alpha value is -0.990. The molecule has 0 aliphatic carbocycles. The number of benzene rings is 1. The van der Waals surface area contributed by atoms with Gasteiger partial charge in [0.15, 0.2) is 12.8 Å². The molecular formula is C12H16FNO2P+. The molecule has 1 aromatic carbocycles. The summed E-state index contributed by atoms with van der Waals surface area (Å²) in [7, 11) is -1.95. The molecule has 1 saturated heterocycles. The summed E-state index contributed by atoms with van der Waals surface area (Å²) in [5, 5.41) is 0. The Bertz CT molecular complexity index is 410. The van der Waals surface area contributed by atoms with E-state index in [0.717, 1.165) is 5.56 Å². The number of nitrogens with zero attached hydrogens (tertiary/aromatic N) is 1. The van der Waals surface area contributed by atoms with Crippen molar-refractivity contribution in [2.24, 2.45) is 0 Å². The topological polar surface area (TPSA) is 29.5 Å². The van der Waals surface area contributed by atoms with Gasteiger partial charge >= 0.3 is 0 Å². The van der Waals surface area contributed by atoms with Gasteiger partial charge in [0.25, 0.3) is 5.91 Å². The van der Waals surface area contributed by atoms with Crippen molar-refractivity contribution in [2.45, 2.75) is 6.10 Å². The van der Waals surface area contributed by atoms with E-state index in [4.69, 9.17) is 4.52 Å². The Morgan fingerprint density at radius 2 is 2.12 bits per heavy atom. The van der Waals surface area contributed by atoms with Crippen LogP contribution in [0.4, 0.5) is 4.39 Å². The molecule has 1 atom stereocenters. The molecule has 0 aromatic heterocycles. The van der Waals surface area contributed by atoms with E-state index in [1.165, 1.54) is 0 Å². The van der Waals surface area contributed by atoms with Crippen molar-refractivity contribution in [1.82, 2.24) is 4.67 Å². The van der Waals surface area contributed by atoms with Gasteiger partial charge in [-0.15, -0.1) is 0 Å². The summed E-state index contributed by atoms with van der Waals surface area (Å²) in [6.07, 6.45) is -0.130. The third-order valence-corrected chi connectivity index (χ3v) is 5.20. The van der Waals surface area contributed by atoms with Gasteiger partial charge in [0.05, 0.1) is 19.9 Å². The van der Waals surface area contributed by atoms with Crippen LogP contribution in [0.2, 0.25) is 0 Å². The Labute approximate surface area is 101 Å². The highest BCUT2D eigenvalue weighted by molar-refractivity contribution is 7.68. The first-order valence-electron chi connectivity index (χ1n) is 5.49. The normalized spacial score (nSPS) is 22.8. The molecule has 1 amide bonds. The van der Waals surface area contributed by atoms with Crippen molar-refractivity contribution in [1.29, 1.82) is 0 Å². The highest BCUT2D eigenvalue weighted by Gasteiger charge is 2.50. The van der Waals surface area contributed by atoms with Crippen LogP contribution in [0.5, 0.6) is 0 Å². The van der Waals surface area contributed by atoms with Gasteiger partial charge in [0.2, 0.25) is 7.64 Å². The van der Waals surface area contributed by atoms with E-state index in [0.29, 0.717) is 6.54 Å². The maximum atomic E-state index is 12.5. The summed E-state index contributed by atoms with van der Waals surface area (Å²) < 4.78 is 20.0. The summed E-state index contributed by atoms with van der Waals surface area (Å²) in [4.78, 5) is 11.5.